The molecule has 0 spiro atoms. The molecule has 0 aromatic rings. The molecule has 92 valence electrons. The van der Waals surface area contributed by atoms with Crippen LogP contribution in [0.3, 0.4) is 0 Å². The molecule has 1 heterocycles. The largest absolute Gasteiger partial charge is 0.465 e. The van der Waals surface area contributed by atoms with Crippen molar-refractivity contribution in [1.29, 1.82) is 0 Å². The van der Waals surface area contributed by atoms with Crippen LogP contribution < -0.4 is 5.32 Å². The molecule has 2 unspecified atom stereocenters. The second kappa shape index (κ2) is 4.84. The zero-order chi connectivity index (χ0) is 12.3. The predicted octanol–water partition coefficient (Wildman–Crippen LogP) is 1.33. The quantitative estimate of drug-likeness (QED) is 0.638. The standard InChI is InChI=1S/C11H19NO4/c1-4-5-11(15)7(2)6-9(8(3)16-11)12-10(13)14/h4,7-9,12,15H,1,5-6H2,2-3H3,(H,13,14)/t7-,8?,9+,11?/m0/s1. The molecule has 1 saturated heterocycles. The van der Waals surface area contributed by atoms with Crippen molar-refractivity contribution in [2.24, 2.45) is 5.92 Å². The van der Waals surface area contributed by atoms with Gasteiger partial charge in [-0.2, -0.15) is 0 Å². The van der Waals surface area contributed by atoms with E-state index in [2.05, 4.69) is 11.9 Å². The Morgan fingerprint density at radius 2 is 2.31 bits per heavy atom. The predicted molar refractivity (Wildman–Crippen MR) is 59.0 cm³/mol. The summed E-state index contributed by atoms with van der Waals surface area (Å²) in [5.41, 5.74) is 0. The van der Waals surface area contributed by atoms with E-state index >= 15 is 0 Å². The number of carbonyl (C=O) groups is 1. The van der Waals surface area contributed by atoms with Crippen molar-refractivity contribution in [2.45, 2.75) is 44.6 Å². The van der Waals surface area contributed by atoms with Crippen molar-refractivity contribution in [3.8, 4) is 0 Å². The third kappa shape index (κ3) is 2.74. The van der Waals surface area contributed by atoms with Crippen LogP contribution >= 0.6 is 0 Å². The number of ether oxygens (including phenoxy) is 1. The van der Waals surface area contributed by atoms with E-state index in [9.17, 15) is 9.90 Å². The maximum Gasteiger partial charge on any atom is 0.404 e. The van der Waals surface area contributed by atoms with E-state index in [1.165, 1.54) is 0 Å². The van der Waals surface area contributed by atoms with Crippen molar-refractivity contribution < 1.29 is 19.7 Å². The lowest BCUT2D eigenvalue weighted by Gasteiger charge is -2.44. The van der Waals surface area contributed by atoms with Crippen molar-refractivity contribution in [3.63, 3.8) is 0 Å². The Morgan fingerprint density at radius 3 is 2.81 bits per heavy atom. The average molecular weight is 229 g/mol. The third-order valence-electron chi connectivity index (χ3n) is 3.08. The van der Waals surface area contributed by atoms with Crippen LogP contribution in [0, 0.1) is 5.92 Å². The monoisotopic (exact) mass is 229 g/mol. The van der Waals surface area contributed by atoms with Gasteiger partial charge < -0.3 is 20.3 Å². The third-order valence-corrected chi connectivity index (χ3v) is 3.08. The van der Waals surface area contributed by atoms with Crippen LogP contribution in [0.5, 0.6) is 0 Å². The number of hydrogen-bond donors (Lipinski definition) is 3. The lowest BCUT2D eigenvalue weighted by molar-refractivity contribution is -0.279. The zero-order valence-electron chi connectivity index (χ0n) is 9.64. The average Bonchev–Trinajstić information content (AvgIpc) is 2.14. The van der Waals surface area contributed by atoms with Gasteiger partial charge >= 0.3 is 6.09 Å². The number of aliphatic hydroxyl groups is 1. The first kappa shape index (κ1) is 13.0. The highest BCUT2D eigenvalue weighted by Gasteiger charge is 2.43. The molecule has 0 bridgehead atoms. The Balaban J connectivity index is 2.69. The van der Waals surface area contributed by atoms with Gasteiger partial charge in [0.25, 0.3) is 0 Å². The minimum Gasteiger partial charge on any atom is -0.465 e. The number of rotatable bonds is 3. The highest BCUT2D eigenvalue weighted by atomic mass is 16.6. The van der Waals surface area contributed by atoms with Crippen LogP contribution in [0.1, 0.15) is 26.7 Å². The van der Waals surface area contributed by atoms with E-state index in [0.717, 1.165) is 0 Å². The van der Waals surface area contributed by atoms with Gasteiger partial charge in [0.1, 0.15) is 0 Å². The minimum atomic E-state index is -1.22. The molecular formula is C11H19NO4. The SMILES string of the molecule is C=CCC1(O)OC(C)[C@H](NC(=O)O)C[C@@H]1C. The lowest BCUT2D eigenvalue weighted by Crippen LogP contribution is -2.56. The van der Waals surface area contributed by atoms with E-state index in [1.807, 2.05) is 6.92 Å². The zero-order valence-corrected chi connectivity index (χ0v) is 9.64. The summed E-state index contributed by atoms with van der Waals surface area (Å²) < 4.78 is 5.50. The molecule has 1 fully saturated rings. The van der Waals surface area contributed by atoms with Crippen molar-refractivity contribution in [3.05, 3.63) is 12.7 Å². The number of nitrogens with one attached hydrogen (secondary N) is 1. The number of amides is 1. The Kier molecular flexibility index (Phi) is 3.93. The molecule has 3 N–H and O–H groups in total. The molecule has 0 saturated carbocycles. The summed E-state index contributed by atoms with van der Waals surface area (Å²) in [6.45, 7) is 7.17. The highest BCUT2D eigenvalue weighted by molar-refractivity contribution is 5.64. The van der Waals surface area contributed by atoms with Gasteiger partial charge in [0.2, 0.25) is 0 Å². The summed E-state index contributed by atoms with van der Waals surface area (Å²) >= 11 is 0. The highest BCUT2D eigenvalue weighted by Crippen LogP contribution is 2.34. The molecule has 4 atom stereocenters. The molecule has 5 heteroatoms. The molecule has 0 aromatic heterocycles. The van der Waals surface area contributed by atoms with Gasteiger partial charge in [0.05, 0.1) is 12.1 Å². The normalized spacial score (nSPS) is 39.1. The topological polar surface area (TPSA) is 78.8 Å². The smallest absolute Gasteiger partial charge is 0.404 e. The van der Waals surface area contributed by atoms with Gasteiger partial charge in [0, 0.05) is 12.3 Å². The Labute approximate surface area is 95.1 Å². The molecule has 1 aliphatic heterocycles. The number of carboxylic acid groups (broad SMARTS) is 1. The van der Waals surface area contributed by atoms with Crippen LogP contribution in [-0.2, 0) is 4.74 Å². The van der Waals surface area contributed by atoms with Gasteiger partial charge in [-0.25, -0.2) is 4.79 Å². The van der Waals surface area contributed by atoms with E-state index in [0.29, 0.717) is 12.8 Å². The fraction of sp³-hybridized carbons (Fsp3) is 0.727. The van der Waals surface area contributed by atoms with E-state index in [1.54, 1.807) is 13.0 Å². The van der Waals surface area contributed by atoms with Crippen LogP contribution in [-0.4, -0.2) is 34.2 Å². The minimum absolute atomic E-state index is 0.140. The summed E-state index contributed by atoms with van der Waals surface area (Å²) in [7, 11) is 0. The fourth-order valence-corrected chi connectivity index (χ4v) is 2.07. The molecule has 0 aliphatic carbocycles. The maximum absolute atomic E-state index is 10.6. The van der Waals surface area contributed by atoms with Crippen molar-refractivity contribution in [2.75, 3.05) is 0 Å². The summed E-state index contributed by atoms with van der Waals surface area (Å²) in [4.78, 5) is 10.6. The summed E-state index contributed by atoms with van der Waals surface area (Å²) in [5, 5.41) is 21.2. The fourth-order valence-electron chi connectivity index (χ4n) is 2.07. The van der Waals surface area contributed by atoms with Gasteiger partial charge in [0.15, 0.2) is 5.79 Å². The molecule has 0 radical (unpaired) electrons. The van der Waals surface area contributed by atoms with Gasteiger partial charge in [-0.1, -0.05) is 13.0 Å². The van der Waals surface area contributed by atoms with E-state index < -0.39 is 11.9 Å². The van der Waals surface area contributed by atoms with Gasteiger partial charge in [-0.3, -0.25) is 0 Å². The summed E-state index contributed by atoms with van der Waals surface area (Å²) in [5.74, 6) is -1.36. The molecule has 1 rings (SSSR count). The number of hydrogen-bond acceptors (Lipinski definition) is 3. The Morgan fingerprint density at radius 1 is 1.69 bits per heavy atom. The first-order valence-electron chi connectivity index (χ1n) is 5.39. The molecule has 1 amide bonds. The van der Waals surface area contributed by atoms with Gasteiger partial charge in [-0.15, -0.1) is 6.58 Å². The van der Waals surface area contributed by atoms with Crippen LogP contribution in [0.2, 0.25) is 0 Å². The molecule has 5 nitrogen and oxygen atoms in total. The van der Waals surface area contributed by atoms with Crippen molar-refractivity contribution in [1.82, 2.24) is 5.32 Å². The summed E-state index contributed by atoms with van der Waals surface area (Å²) in [6, 6.07) is -0.280. The Bertz CT molecular complexity index is 281. The van der Waals surface area contributed by atoms with Crippen LogP contribution in [0.15, 0.2) is 12.7 Å². The van der Waals surface area contributed by atoms with E-state index in [4.69, 9.17) is 9.84 Å². The lowest BCUT2D eigenvalue weighted by atomic mass is 9.85. The maximum atomic E-state index is 10.6. The first-order valence-corrected chi connectivity index (χ1v) is 5.39. The van der Waals surface area contributed by atoms with E-state index in [-0.39, 0.29) is 18.1 Å². The molecule has 1 aliphatic rings. The molecule has 0 aromatic carbocycles. The van der Waals surface area contributed by atoms with Crippen LogP contribution in [0.4, 0.5) is 4.79 Å². The molecular weight excluding hydrogens is 210 g/mol. The summed E-state index contributed by atoms with van der Waals surface area (Å²) in [6.07, 6.45) is 1.09. The Hall–Kier alpha value is -1.07. The van der Waals surface area contributed by atoms with Crippen molar-refractivity contribution >= 4 is 6.09 Å². The second-order valence-electron chi connectivity index (χ2n) is 4.35. The second-order valence-corrected chi connectivity index (χ2v) is 4.35. The first-order chi connectivity index (χ1) is 7.39. The molecule has 16 heavy (non-hydrogen) atoms. The van der Waals surface area contributed by atoms with Crippen LogP contribution in [0.25, 0.3) is 0 Å². The van der Waals surface area contributed by atoms with Gasteiger partial charge in [-0.05, 0) is 13.3 Å².